The molecule has 0 aromatic heterocycles. The number of benzene rings is 1. The second-order valence-corrected chi connectivity index (χ2v) is 7.06. The molecule has 138 valence electrons. The van der Waals surface area contributed by atoms with Crippen molar-refractivity contribution in [3.05, 3.63) is 29.8 Å². The molecule has 0 bridgehead atoms. The summed E-state index contributed by atoms with van der Waals surface area (Å²) in [4.78, 5) is 16.6. The Hall–Kier alpha value is -1.59. The first-order valence-corrected chi connectivity index (χ1v) is 9.74. The largest absolute Gasteiger partial charge is 0.483 e. The summed E-state index contributed by atoms with van der Waals surface area (Å²) in [5.74, 6) is 0.924. The number of nitrogens with zero attached hydrogens (tertiary/aromatic N) is 2. The molecule has 3 rings (SSSR count). The quantitative estimate of drug-likeness (QED) is 0.698. The van der Waals surface area contributed by atoms with Crippen LogP contribution >= 0.6 is 0 Å². The number of hydrogen-bond donors (Lipinski definition) is 1. The van der Waals surface area contributed by atoms with E-state index in [1.54, 1.807) is 0 Å². The van der Waals surface area contributed by atoms with E-state index in [1.807, 2.05) is 23.1 Å². The third-order valence-corrected chi connectivity index (χ3v) is 5.12. The molecule has 2 fully saturated rings. The molecule has 0 radical (unpaired) electrons. The molecule has 0 saturated carbocycles. The highest BCUT2D eigenvalue weighted by Gasteiger charge is 2.18. The third-order valence-electron chi connectivity index (χ3n) is 5.12. The van der Waals surface area contributed by atoms with Crippen molar-refractivity contribution in [1.82, 2.24) is 15.1 Å². The molecule has 5 nitrogen and oxygen atoms in total. The fraction of sp³-hybridized carbons (Fsp3) is 0.650. The van der Waals surface area contributed by atoms with Crippen LogP contribution in [0.5, 0.6) is 5.75 Å². The van der Waals surface area contributed by atoms with Crippen LogP contribution in [0.3, 0.4) is 0 Å². The number of ether oxygens (including phenoxy) is 1. The predicted octanol–water partition coefficient (Wildman–Crippen LogP) is 2.26. The first-order valence-electron chi connectivity index (χ1n) is 9.74. The summed E-state index contributed by atoms with van der Waals surface area (Å²) in [6, 6.07) is 8.02. The van der Waals surface area contributed by atoms with Crippen LogP contribution in [0.25, 0.3) is 0 Å². The van der Waals surface area contributed by atoms with Crippen LogP contribution in [-0.2, 0) is 11.3 Å². The van der Waals surface area contributed by atoms with E-state index in [9.17, 15) is 4.79 Å². The number of amides is 1. The third kappa shape index (κ3) is 5.72. The van der Waals surface area contributed by atoms with Crippen molar-refractivity contribution in [2.75, 3.05) is 45.9 Å². The summed E-state index contributed by atoms with van der Waals surface area (Å²) in [5, 5.41) is 3.51. The molecule has 5 heteroatoms. The Labute approximate surface area is 151 Å². The Kier molecular flexibility index (Phi) is 7.12. The molecule has 1 amide bonds. The number of nitrogens with one attached hydrogen (secondary N) is 1. The topological polar surface area (TPSA) is 44.8 Å². The zero-order valence-electron chi connectivity index (χ0n) is 15.2. The van der Waals surface area contributed by atoms with Gasteiger partial charge in [0.05, 0.1) is 0 Å². The average molecular weight is 345 g/mol. The molecule has 1 aromatic carbocycles. The van der Waals surface area contributed by atoms with E-state index in [4.69, 9.17) is 4.74 Å². The molecular weight excluding hydrogens is 314 g/mol. The number of hydrogen-bond acceptors (Lipinski definition) is 4. The lowest BCUT2D eigenvalue weighted by molar-refractivity contribution is -0.132. The van der Waals surface area contributed by atoms with Crippen LogP contribution in [0.15, 0.2) is 24.3 Å². The molecule has 0 atom stereocenters. The van der Waals surface area contributed by atoms with Crippen LogP contribution in [0.4, 0.5) is 0 Å². The Balaban J connectivity index is 1.38. The first-order chi connectivity index (χ1) is 12.3. The van der Waals surface area contributed by atoms with E-state index in [1.165, 1.54) is 38.9 Å². The molecule has 2 heterocycles. The molecule has 2 aliphatic heterocycles. The lowest BCUT2D eigenvalue weighted by Gasteiger charge is -2.17. The SMILES string of the molecule is O=C(COc1ccccc1CNCCCN1CCCC1)N1CCCC1. The minimum atomic E-state index is 0.103. The van der Waals surface area contributed by atoms with E-state index in [-0.39, 0.29) is 12.5 Å². The summed E-state index contributed by atoms with van der Waals surface area (Å²) in [6.45, 7) is 7.42. The molecule has 25 heavy (non-hydrogen) atoms. The Morgan fingerprint density at radius 1 is 1.04 bits per heavy atom. The number of para-hydroxylation sites is 1. The van der Waals surface area contributed by atoms with E-state index in [2.05, 4.69) is 16.3 Å². The maximum absolute atomic E-state index is 12.1. The second kappa shape index (κ2) is 9.78. The first kappa shape index (κ1) is 18.2. The van der Waals surface area contributed by atoms with Crippen LogP contribution < -0.4 is 10.1 Å². The van der Waals surface area contributed by atoms with Crippen molar-refractivity contribution < 1.29 is 9.53 Å². The van der Waals surface area contributed by atoms with Crippen LogP contribution in [0.2, 0.25) is 0 Å². The molecule has 0 spiro atoms. The highest BCUT2D eigenvalue weighted by molar-refractivity contribution is 5.78. The van der Waals surface area contributed by atoms with E-state index in [0.29, 0.717) is 0 Å². The van der Waals surface area contributed by atoms with Crippen molar-refractivity contribution in [3.8, 4) is 5.75 Å². The van der Waals surface area contributed by atoms with Crippen molar-refractivity contribution in [1.29, 1.82) is 0 Å². The van der Waals surface area contributed by atoms with Crippen molar-refractivity contribution in [2.45, 2.75) is 38.6 Å². The number of carbonyl (C=O) groups is 1. The van der Waals surface area contributed by atoms with Gasteiger partial charge in [-0.2, -0.15) is 0 Å². The van der Waals surface area contributed by atoms with Crippen LogP contribution in [0.1, 0.15) is 37.7 Å². The number of rotatable bonds is 9. The van der Waals surface area contributed by atoms with E-state index < -0.39 is 0 Å². The van der Waals surface area contributed by atoms with Crippen molar-refractivity contribution in [2.24, 2.45) is 0 Å². The highest BCUT2D eigenvalue weighted by atomic mass is 16.5. The molecule has 2 aliphatic rings. The molecule has 2 saturated heterocycles. The van der Waals surface area contributed by atoms with Gasteiger partial charge in [-0.3, -0.25) is 4.79 Å². The molecular formula is C20H31N3O2. The van der Waals surface area contributed by atoms with Gasteiger partial charge >= 0.3 is 0 Å². The zero-order valence-corrected chi connectivity index (χ0v) is 15.2. The highest BCUT2D eigenvalue weighted by Crippen LogP contribution is 2.18. The van der Waals surface area contributed by atoms with Gasteiger partial charge in [-0.25, -0.2) is 0 Å². The van der Waals surface area contributed by atoms with Gasteiger partial charge in [0.25, 0.3) is 5.91 Å². The summed E-state index contributed by atoms with van der Waals surface area (Å²) >= 11 is 0. The summed E-state index contributed by atoms with van der Waals surface area (Å²) in [5.41, 5.74) is 1.12. The van der Waals surface area contributed by atoms with Gasteiger partial charge in [0.2, 0.25) is 0 Å². The Morgan fingerprint density at radius 3 is 2.56 bits per heavy atom. The Bertz CT molecular complexity index is 537. The lowest BCUT2D eigenvalue weighted by Crippen LogP contribution is -2.32. The monoisotopic (exact) mass is 345 g/mol. The predicted molar refractivity (Wildman–Crippen MR) is 99.7 cm³/mol. The summed E-state index contributed by atoms with van der Waals surface area (Å²) in [7, 11) is 0. The molecule has 1 aromatic rings. The van der Waals surface area contributed by atoms with Gasteiger partial charge in [0.15, 0.2) is 6.61 Å². The summed E-state index contributed by atoms with van der Waals surface area (Å²) < 4.78 is 5.81. The smallest absolute Gasteiger partial charge is 0.260 e. The van der Waals surface area contributed by atoms with Gasteiger partial charge in [-0.15, -0.1) is 0 Å². The zero-order chi connectivity index (χ0) is 17.3. The van der Waals surface area contributed by atoms with E-state index in [0.717, 1.165) is 50.3 Å². The summed E-state index contributed by atoms with van der Waals surface area (Å²) in [6.07, 6.45) is 6.12. The average Bonchev–Trinajstić information content (AvgIpc) is 3.34. The maximum Gasteiger partial charge on any atom is 0.260 e. The fourth-order valence-electron chi connectivity index (χ4n) is 3.64. The van der Waals surface area contributed by atoms with Crippen molar-refractivity contribution in [3.63, 3.8) is 0 Å². The normalized spacial score (nSPS) is 18.0. The van der Waals surface area contributed by atoms with Gasteiger partial charge in [0, 0.05) is 25.2 Å². The minimum Gasteiger partial charge on any atom is -0.483 e. The molecule has 0 aliphatic carbocycles. The van der Waals surface area contributed by atoms with Gasteiger partial charge in [-0.1, -0.05) is 18.2 Å². The van der Waals surface area contributed by atoms with Crippen molar-refractivity contribution >= 4 is 5.91 Å². The Morgan fingerprint density at radius 2 is 1.76 bits per heavy atom. The number of likely N-dealkylation sites (tertiary alicyclic amines) is 2. The standard InChI is InChI=1S/C20H31N3O2/c24-20(23-14-5-6-15-23)17-25-19-9-2-1-8-18(19)16-21-10-7-13-22-11-3-4-12-22/h1-2,8-9,21H,3-7,10-17H2. The molecule has 0 unspecified atom stereocenters. The maximum atomic E-state index is 12.1. The fourth-order valence-corrected chi connectivity index (χ4v) is 3.64. The van der Waals surface area contributed by atoms with Gasteiger partial charge in [-0.05, 0) is 64.3 Å². The van der Waals surface area contributed by atoms with E-state index >= 15 is 0 Å². The van der Waals surface area contributed by atoms with Gasteiger partial charge < -0.3 is 19.9 Å². The molecule has 1 N–H and O–H groups in total. The van der Waals surface area contributed by atoms with Crippen LogP contribution in [0, 0.1) is 0 Å². The van der Waals surface area contributed by atoms with Crippen LogP contribution in [-0.4, -0.2) is 61.6 Å². The number of carbonyl (C=O) groups excluding carboxylic acids is 1. The second-order valence-electron chi connectivity index (χ2n) is 7.06. The van der Waals surface area contributed by atoms with Gasteiger partial charge in [0.1, 0.15) is 5.75 Å². The lowest BCUT2D eigenvalue weighted by atomic mass is 10.2. The minimum absolute atomic E-state index is 0.103.